The lowest BCUT2D eigenvalue weighted by molar-refractivity contribution is 0.0792. The first-order chi connectivity index (χ1) is 13.3. The zero-order valence-electron chi connectivity index (χ0n) is 16.1. The summed E-state index contributed by atoms with van der Waals surface area (Å²) in [6.45, 7) is 5.10. The van der Waals surface area contributed by atoms with Crippen molar-refractivity contribution in [3.05, 3.63) is 71.3 Å². The largest absolute Gasteiger partial charge is 0.339 e. The summed E-state index contributed by atoms with van der Waals surface area (Å²) in [5.74, 6) is 1.00. The second-order valence-electron chi connectivity index (χ2n) is 8.11. The van der Waals surface area contributed by atoms with Crippen molar-refractivity contribution in [1.82, 2.24) is 9.80 Å². The summed E-state index contributed by atoms with van der Waals surface area (Å²) in [7, 11) is 0. The molecule has 2 fully saturated rings. The summed E-state index contributed by atoms with van der Waals surface area (Å²) < 4.78 is 0. The first-order valence-corrected chi connectivity index (χ1v) is 10.4. The van der Waals surface area contributed by atoms with Crippen molar-refractivity contribution in [3.63, 3.8) is 0 Å². The number of carbonyl (C=O) groups is 1. The highest BCUT2D eigenvalue weighted by molar-refractivity contribution is 5.94. The van der Waals surface area contributed by atoms with Gasteiger partial charge in [0, 0.05) is 25.2 Å². The normalized spacial score (nSPS) is 18.7. The van der Waals surface area contributed by atoms with Gasteiger partial charge in [-0.3, -0.25) is 9.69 Å². The van der Waals surface area contributed by atoms with Crippen molar-refractivity contribution in [2.75, 3.05) is 26.2 Å². The lowest BCUT2D eigenvalue weighted by Crippen LogP contribution is -2.34. The molecule has 0 N–H and O–H groups in total. The average Bonchev–Trinajstić information content (AvgIpc) is 3.25. The van der Waals surface area contributed by atoms with E-state index < -0.39 is 0 Å². The fourth-order valence-corrected chi connectivity index (χ4v) is 4.46. The highest BCUT2D eigenvalue weighted by Crippen LogP contribution is 2.23. The maximum absolute atomic E-state index is 12.6. The minimum atomic E-state index is 0.205. The van der Waals surface area contributed by atoms with Gasteiger partial charge < -0.3 is 4.90 Å². The molecule has 2 saturated heterocycles. The van der Waals surface area contributed by atoms with E-state index in [4.69, 9.17) is 0 Å². The minimum Gasteiger partial charge on any atom is -0.339 e. The molecule has 27 heavy (non-hydrogen) atoms. The van der Waals surface area contributed by atoms with Crippen molar-refractivity contribution in [2.45, 2.75) is 38.6 Å². The van der Waals surface area contributed by atoms with E-state index in [0.717, 1.165) is 57.0 Å². The number of hydrogen-bond acceptors (Lipinski definition) is 2. The summed E-state index contributed by atoms with van der Waals surface area (Å²) in [5.41, 5.74) is 3.58. The molecule has 0 atom stereocenters. The third-order valence-electron chi connectivity index (χ3n) is 6.05. The molecule has 0 bridgehead atoms. The molecule has 142 valence electrons. The van der Waals surface area contributed by atoms with Gasteiger partial charge in [0.25, 0.3) is 5.91 Å². The third-order valence-corrected chi connectivity index (χ3v) is 6.05. The number of likely N-dealkylation sites (tertiary alicyclic amines) is 2. The maximum Gasteiger partial charge on any atom is 0.253 e. The average molecular weight is 363 g/mol. The molecule has 3 nitrogen and oxygen atoms in total. The molecule has 0 aliphatic carbocycles. The van der Waals surface area contributed by atoms with Gasteiger partial charge in [-0.2, -0.15) is 0 Å². The smallest absolute Gasteiger partial charge is 0.253 e. The molecule has 2 aromatic carbocycles. The number of rotatable bonds is 5. The number of nitrogens with zero attached hydrogens (tertiary/aromatic N) is 2. The Bertz CT molecular complexity index is 744. The fourth-order valence-electron chi connectivity index (χ4n) is 4.46. The van der Waals surface area contributed by atoms with Crippen molar-refractivity contribution >= 4 is 5.91 Å². The van der Waals surface area contributed by atoms with Gasteiger partial charge in [-0.15, -0.1) is 0 Å². The monoisotopic (exact) mass is 362 g/mol. The van der Waals surface area contributed by atoms with Gasteiger partial charge in [0.15, 0.2) is 0 Å². The van der Waals surface area contributed by atoms with Gasteiger partial charge in [-0.05, 0) is 74.4 Å². The quantitative estimate of drug-likeness (QED) is 0.788. The molecule has 0 spiro atoms. The van der Waals surface area contributed by atoms with E-state index in [2.05, 4.69) is 47.4 Å². The Morgan fingerprint density at radius 2 is 1.56 bits per heavy atom. The molecular weight excluding hydrogens is 332 g/mol. The Labute approximate surface area is 163 Å². The van der Waals surface area contributed by atoms with E-state index in [-0.39, 0.29) is 5.91 Å². The zero-order chi connectivity index (χ0) is 18.5. The molecular formula is C24H30N2O. The summed E-state index contributed by atoms with van der Waals surface area (Å²) in [4.78, 5) is 17.2. The summed E-state index contributed by atoms with van der Waals surface area (Å²) in [6, 6.07) is 19.1. The van der Waals surface area contributed by atoms with Crippen LogP contribution in [0.3, 0.4) is 0 Å². The highest BCUT2D eigenvalue weighted by atomic mass is 16.2. The van der Waals surface area contributed by atoms with E-state index in [1.165, 1.54) is 30.4 Å². The van der Waals surface area contributed by atoms with Crippen molar-refractivity contribution in [1.29, 1.82) is 0 Å². The number of amides is 1. The van der Waals surface area contributed by atoms with E-state index >= 15 is 0 Å². The predicted octanol–water partition coefficient (Wildman–Crippen LogP) is 4.38. The van der Waals surface area contributed by atoms with Gasteiger partial charge in [0.05, 0.1) is 0 Å². The molecule has 4 rings (SSSR count). The number of hydrogen-bond donors (Lipinski definition) is 0. The molecule has 0 radical (unpaired) electrons. The van der Waals surface area contributed by atoms with Gasteiger partial charge in [0.2, 0.25) is 0 Å². The van der Waals surface area contributed by atoms with E-state index in [1.807, 2.05) is 17.0 Å². The van der Waals surface area contributed by atoms with Gasteiger partial charge >= 0.3 is 0 Å². The van der Waals surface area contributed by atoms with Gasteiger partial charge in [0.1, 0.15) is 0 Å². The van der Waals surface area contributed by atoms with Crippen molar-refractivity contribution < 1.29 is 4.79 Å². The number of carbonyl (C=O) groups excluding carboxylic acids is 1. The highest BCUT2D eigenvalue weighted by Gasteiger charge is 2.21. The van der Waals surface area contributed by atoms with Crippen LogP contribution in [-0.2, 0) is 13.0 Å². The van der Waals surface area contributed by atoms with Crippen LogP contribution >= 0.6 is 0 Å². The van der Waals surface area contributed by atoms with E-state index in [0.29, 0.717) is 0 Å². The summed E-state index contributed by atoms with van der Waals surface area (Å²) in [6.07, 6.45) is 6.02. The van der Waals surface area contributed by atoms with Crippen LogP contribution in [0.2, 0.25) is 0 Å². The minimum absolute atomic E-state index is 0.205. The molecule has 0 aromatic heterocycles. The molecule has 2 aromatic rings. The third kappa shape index (κ3) is 4.78. The maximum atomic E-state index is 12.6. The van der Waals surface area contributed by atoms with Crippen LogP contribution in [0.5, 0.6) is 0 Å². The Balaban J connectivity index is 1.30. The lowest BCUT2D eigenvalue weighted by atomic mass is 9.90. The zero-order valence-corrected chi connectivity index (χ0v) is 16.1. The van der Waals surface area contributed by atoms with Crippen LogP contribution < -0.4 is 0 Å². The Morgan fingerprint density at radius 3 is 2.30 bits per heavy atom. The van der Waals surface area contributed by atoms with Gasteiger partial charge in [-0.25, -0.2) is 0 Å². The second kappa shape index (κ2) is 8.71. The van der Waals surface area contributed by atoms with Crippen molar-refractivity contribution in [3.8, 4) is 0 Å². The van der Waals surface area contributed by atoms with Crippen LogP contribution in [0.1, 0.15) is 47.2 Å². The standard InChI is InChI=1S/C24H30N2O/c27-24(26-13-4-5-14-26)23-10-6-9-22(18-23)19-25-15-11-21(12-16-25)17-20-7-2-1-3-8-20/h1-3,6-10,18,21H,4-5,11-17,19H2. The van der Waals surface area contributed by atoms with Gasteiger partial charge in [-0.1, -0.05) is 42.5 Å². The van der Waals surface area contributed by atoms with Crippen LogP contribution in [0, 0.1) is 5.92 Å². The van der Waals surface area contributed by atoms with Crippen molar-refractivity contribution in [2.24, 2.45) is 5.92 Å². The molecule has 1 amide bonds. The molecule has 0 saturated carbocycles. The number of piperidine rings is 1. The lowest BCUT2D eigenvalue weighted by Gasteiger charge is -2.32. The first kappa shape index (κ1) is 18.2. The fraction of sp³-hybridized carbons (Fsp3) is 0.458. The summed E-state index contributed by atoms with van der Waals surface area (Å²) in [5, 5.41) is 0. The predicted molar refractivity (Wildman–Crippen MR) is 110 cm³/mol. The Kier molecular flexibility index (Phi) is 5.88. The Hall–Kier alpha value is -2.13. The molecule has 0 unspecified atom stereocenters. The van der Waals surface area contributed by atoms with Crippen LogP contribution in [0.15, 0.2) is 54.6 Å². The van der Waals surface area contributed by atoms with Crippen LogP contribution in [0.4, 0.5) is 0 Å². The Morgan fingerprint density at radius 1 is 0.852 bits per heavy atom. The molecule has 2 heterocycles. The van der Waals surface area contributed by atoms with Crippen LogP contribution in [0.25, 0.3) is 0 Å². The van der Waals surface area contributed by atoms with E-state index in [1.54, 1.807) is 0 Å². The first-order valence-electron chi connectivity index (χ1n) is 10.4. The number of benzene rings is 2. The summed E-state index contributed by atoms with van der Waals surface area (Å²) >= 11 is 0. The topological polar surface area (TPSA) is 23.6 Å². The second-order valence-corrected chi connectivity index (χ2v) is 8.11. The van der Waals surface area contributed by atoms with E-state index in [9.17, 15) is 4.79 Å². The SMILES string of the molecule is O=C(c1cccc(CN2CCC(Cc3ccccc3)CC2)c1)N1CCCC1. The van der Waals surface area contributed by atoms with Crippen LogP contribution in [-0.4, -0.2) is 41.9 Å². The molecule has 2 aliphatic heterocycles. The molecule has 3 heteroatoms. The molecule has 2 aliphatic rings.